The van der Waals surface area contributed by atoms with Crippen LogP contribution in [0.4, 0.5) is 5.69 Å². The third-order valence-corrected chi connectivity index (χ3v) is 7.11. The van der Waals surface area contributed by atoms with Crippen LogP contribution in [0.1, 0.15) is 19.4 Å². The summed E-state index contributed by atoms with van der Waals surface area (Å²) in [5, 5.41) is 6.87. The van der Waals surface area contributed by atoms with Crippen LogP contribution in [0, 0.1) is 0 Å². The number of likely N-dealkylation sites (N-methyl/N-ethyl adjacent to an activating group) is 1. The number of nitrogens with one attached hydrogen (secondary N) is 2. The van der Waals surface area contributed by atoms with Crippen molar-refractivity contribution in [1.29, 1.82) is 0 Å². The van der Waals surface area contributed by atoms with E-state index in [0.717, 1.165) is 11.4 Å². The van der Waals surface area contributed by atoms with Crippen molar-refractivity contribution in [2.45, 2.75) is 25.3 Å². The second kappa shape index (κ2) is 10.0. The lowest BCUT2D eigenvalue weighted by Gasteiger charge is -2.20. The molecular formula is C19H28N3O4S2+. The number of ether oxygens (including phenoxy) is 1. The van der Waals surface area contributed by atoms with E-state index in [2.05, 4.69) is 10.7 Å². The largest absolute Gasteiger partial charge is 0.495 e. The fraction of sp³-hybridized carbons (Fsp3) is 0.421. The van der Waals surface area contributed by atoms with E-state index >= 15 is 0 Å². The molecule has 1 aromatic heterocycles. The van der Waals surface area contributed by atoms with Crippen molar-refractivity contribution < 1.29 is 22.8 Å². The van der Waals surface area contributed by atoms with Crippen molar-refractivity contribution in [3.8, 4) is 5.75 Å². The van der Waals surface area contributed by atoms with Crippen LogP contribution in [0.5, 0.6) is 5.75 Å². The molecule has 0 spiro atoms. The van der Waals surface area contributed by atoms with E-state index in [1.807, 2.05) is 18.5 Å². The highest BCUT2D eigenvalue weighted by Crippen LogP contribution is 2.28. The standard InChI is InChI=1S/C19H27N3O4S2/c1-5-22(6-2)28(24,25)16-7-8-18(26-4)17(11-16)20-19(23)13-21(3)12-15-9-10-27-14-15/h7-11,14H,5-6,12-13H2,1-4H3,(H,20,23)/p+1. The molecule has 154 valence electrons. The Morgan fingerprint density at radius 1 is 1.25 bits per heavy atom. The molecule has 2 N–H and O–H groups in total. The summed E-state index contributed by atoms with van der Waals surface area (Å²) in [4.78, 5) is 13.6. The average Bonchev–Trinajstić information content (AvgIpc) is 3.15. The van der Waals surface area contributed by atoms with Crippen LogP contribution >= 0.6 is 11.3 Å². The van der Waals surface area contributed by atoms with Gasteiger partial charge in [0, 0.05) is 18.7 Å². The molecule has 1 unspecified atom stereocenters. The Balaban J connectivity index is 2.16. The zero-order valence-corrected chi connectivity index (χ0v) is 18.3. The molecule has 0 saturated heterocycles. The first-order chi connectivity index (χ1) is 13.3. The first-order valence-electron chi connectivity index (χ1n) is 9.12. The number of hydrogen-bond acceptors (Lipinski definition) is 5. The minimum Gasteiger partial charge on any atom is -0.495 e. The zero-order valence-electron chi connectivity index (χ0n) is 16.7. The van der Waals surface area contributed by atoms with Gasteiger partial charge in [0.15, 0.2) is 6.54 Å². The van der Waals surface area contributed by atoms with Crippen LogP contribution in [0.2, 0.25) is 0 Å². The smallest absolute Gasteiger partial charge is 0.279 e. The Hall–Kier alpha value is -1.94. The number of sulfonamides is 1. The third-order valence-electron chi connectivity index (χ3n) is 4.34. The van der Waals surface area contributed by atoms with Crippen molar-refractivity contribution in [1.82, 2.24) is 4.31 Å². The summed E-state index contributed by atoms with van der Waals surface area (Å²) in [5.41, 5.74) is 1.53. The highest BCUT2D eigenvalue weighted by atomic mass is 32.2. The number of quaternary nitrogens is 1. The SMILES string of the molecule is CCN(CC)S(=O)(=O)c1ccc(OC)c(NC(=O)C[NH+](C)Cc2ccsc2)c1. The quantitative estimate of drug-likeness (QED) is 0.603. The summed E-state index contributed by atoms with van der Waals surface area (Å²) in [6, 6.07) is 6.55. The summed E-state index contributed by atoms with van der Waals surface area (Å²) in [5.74, 6) is 0.214. The van der Waals surface area contributed by atoms with Gasteiger partial charge in [-0.15, -0.1) is 0 Å². The van der Waals surface area contributed by atoms with Gasteiger partial charge in [0.25, 0.3) is 5.91 Å². The molecule has 1 heterocycles. The van der Waals surface area contributed by atoms with Crippen LogP contribution in [0.25, 0.3) is 0 Å². The minimum absolute atomic E-state index is 0.131. The van der Waals surface area contributed by atoms with E-state index < -0.39 is 10.0 Å². The molecule has 0 aliphatic heterocycles. The van der Waals surface area contributed by atoms with Crippen LogP contribution in [0.3, 0.4) is 0 Å². The van der Waals surface area contributed by atoms with Crippen LogP contribution in [-0.2, 0) is 21.4 Å². The number of anilines is 1. The molecular weight excluding hydrogens is 398 g/mol. The summed E-state index contributed by atoms with van der Waals surface area (Å²) in [6.07, 6.45) is 0. The van der Waals surface area contributed by atoms with Gasteiger partial charge in [-0.05, 0) is 35.0 Å². The maximum Gasteiger partial charge on any atom is 0.279 e. The molecule has 0 aliphatic carbocycles. The van der Waals surface area contributed by atoms with Gasteiger partial charge in [0.05, 0.1) is 24.7 Å². The number of methoxy groups -OCH3 is 1. The predicted octanol–water partition coefficient (Wildman–Crippen LogP) is 1.44. The van der Waals surface area contributed by atoms with Crippen LogP contribution < -0.4 is 15.0 Å². The summed E-state index contributed by atoms with van der Waals surface area (Å²) in [6.45, 7) is 5.34. The highest BCUT2D eigenvalue weighted by Gasteiger charge is 2.23. The van der Waals surface area contributed by atoms with Crippen molar-refractivity contribution >= 4 is 33.0 Å². The maximum atomic E-state index is 12.8. The van der Waals surface area contributed by atoms with E-state index in [9.17, 15) is 13.2 Å². The van der Waals surface area contributed by atoms with Crippen molar-refractivity contribution in [2.75, 3.05) is 39.1 Å². The molecule has 1 atom stereocenters. The Morgan fingerprint density at radius 3 is 2.54 bits per heavy atom. The Morgan fingerprint density at radius 2 is 1.96 bits per heavy atom. The average molecular weight is 427 g/mol. The minimum atomic E-state index is -3.62. The summed E-state index contributed by atoms with van der Waals surface area (Å²) in [7, 11) is -0.196. The van der Waals surface area contributed by atoms with Gasteiger partial charge in [0.1, 0.15) is 12.3 Å². The van der Waals surface area contributed by atoms with E-state index in [1.165, 1.54) is 29.1 Å². The number of amides is 1. The molecule has 1 aromatic carbocycles. The maximum absolute atomic E-state index is 12.8. The normalized spacial score (nSPS) is 12.8. The molecule has 2 aromatic rings. The lowest BCUT2D eigenvalue weighted by Crippen LogP contribution is -3.08. The molecule has 0 saturated carbocycles. The molecule has 0 radical (unpaired) electrons. The van der Waals surface area contributed by atoms with Gasteiger partial charge in [-0.25, -0.2) is 8.42 Å². The lowest BCUT2D eigenvalue weighted by atomic mass is 10.3. The number of carbonyl (C=O) groups excluding carboxylic acids is 1. The van der Waals surface area contributed by atoms with Crippen LogP contribution in [0.15, 0.2) is 39.9 Å². The molecule has 0 fully saturated rings. The van der Waals surface area contributed by atoms with E-state index in [-0.39, 0.29) is 17.3 Å². The zero-order chi connectivity index (χ0) is 20.7. The first-order valence-corrected chi connectivity index (χ1v) is 11.5. The topological polar surface area (TPSA) is 80.2 Å². The van der Waals surface area contributed by atoms with E-state index in [1.54, 1.807) is 31.3 Å². The Bertz CT molecular complexity index is 879. The number of hydrogen-bond donors (Lipinski definition) is 2. The number of carbonyl (C=O) groups is 1. The van der Waals surface area contributed by atoms with Gasteiger partial charge >= 0.3 is 0 Å². The molecule has 28 heavy (non-hydrogen) atoms. The van der Waals surface area contributed by atoms with E-state index in [4.69, 9.17) is 4.74 Å². The third kappa shape index (κ3) is 5.54. The lowest BCUT2D eigenvalue weighted by molar-refractivity contribution is -0.885. The number of benzene rings is 1. The van der Waals surface area contributed by atoms with Gasteiger partial charge in [0.2, 0.25) is 10.0 Å². The molecule has 9 heteroatoms. The fourth-order valence-corrected chi connectivity index (χ4v) is 5.08. The predicted molar refractivity (Wildman–Crippen MR) is 112 cm³/mol. The molecule has 0 aliphatic rings. The molecule has 7 nitrogen and oxygen atoms in total. The van der Waals surface area contributed by atoms with Crippen LogP contribution in [-0.4, -0.2) is 52.4 Å². The van der Waals surface area contributed by atoms with Crippen molar-refractivity contribution in [2.24, 2.45) is 0 Å². The molecule has 1 amide bonds. The van der Waals surface area contributed by atoms with Gasteiger partial charge in [-0.1, -0.05) is 13.8 Å². The fourth-order valence-electron chi connectivity index (χ4n) is 2.93. The van der Waals surface area contributed by atoms with Crippen molar-refractivity contribution in [3.05, 3.63) is 40.6 Å². The Kier molecular flexibility index (Phi) is 7.99. The molecule has 2 rings (SSSR count). The summed E-state index contributed by atoms with van der Waals surface area (Å²) < 4.78 is 32.2. The monoisotopic (exact) mass is 426 g/mol. The second-order valence-corrected chi connectivity index (χ2v) is 9.16. The molecule has 0 bridgehead atoms. The van der Waals surface area contributed by atoms with Gasteiger partial charge in [-0.3, -0.25) is 4.79 Å². The number of thiophene rings is 1. The number of nitrogens with zero attached hydrogens (tertiary/aromatic N) is 1. The summed E-state index contributed by atoms with van der Waals surface area (Å²) >= 11 is 1.63. The van der Waals surface area contributed by atoms with Gasteiger partial charge < -0.3 is 15.0 Å². The van der Waals surface area contributed by atoms with Gasteiger partial charge in [-0.2, -0.15) is 15.6 Å². The van der Waals surface area contributed by atoms with Crippen molar-refractivity contribution in [3.63, 3.8) is 0 Å². The second-order valence-electron chi connectivity index (χ2n) is 6.44. The van der Waals surface area contributed by atoms with E-state index in [0.29, 0.717) is 24.5 Å². The number of rotatable bonds is 10. The Labute approximate surface area is 171 Å². The highest BCUT2D eigenvalue weighted by molar-refractivity contribution is 7.89. The first kappa shape index (κ1) is 22.4.